The fourth-order valence-electron chi connectivity index (χ4n) is 3.10. The van der Waals surface area contributed by atoms with Gasteiger partial charge in [-0.1, -0.05) is 0 Å². The van der Waals surface area contributed by atoms with Gasteiger partial charge in [0.1, 0.15) is 10.8 Å². The Kier molecular flexibility index (Phi) is 8.38. The number of hydrogen-bond acceptors (Lipinski definition) is 8. The van der Waals surface area contributed by atoms with Crippen molar-refractivity contribution in [3.63, 3.8) is 0 Å². The quantitative estimate of drug-likeness (QED) is 0.280. The molecule has 0 saturated carbocycles. The van der Waals surface area contributed by atoms with Crippen LogP contribution in [0.25, 0.3) is 0 Å². The normalized spacial score (nSPS) is 16.5. The van der Waals surface area contributed by atoms with Crippen molar-refractivity contribution in [1.29, 1.82) is 0 Å². The van der Waals surface area contributed by atoms with Crippen LogP contribution in [0.5, 0.6) is 0 Å². The second kappa shape index (κ2) is 11.2. The lowest BCUT2D eigenvalue weighted by Gasteiger charge is -2.34. The number of rotatable bonds is 8. The molecule has 1 aliphatic rings. The maximum Gasteiger partial charge on any atom is 0.232 e. The standard InChI is InChI=1S/C19H27N7OS2/c1-14-7-3-4-11-26(14)15-13-16(29-19-21-8-5-9-22-19)24-17(23-15)25-18(28)20-10-6-12-27-2/h5,8-9,13-14H,3-4,6-7,10-12H2,1-2H3,(H2,20,23,24,25,28)/t14-/m1/s1. The highest BCUT2D eigenvalue weighted by atomic mass is 32.2. The minimum absolute atomic E-state index is 0.441. The first-order valence-corrected chi connectivity index (χ1v) is 11.0. The molecule has 0 radical (unpaired) electrons. The van der Waals surface area contributed by atoms with Crippen molar-refractivity contribution in [3.8, 4) is 0 Å². The van der Waals surface area contributed by atoms with Gasteiger partial charge < -0.3 is 20.3 Å². The number of anilines is 2. The summed E-state index contributed by atoms with van der Waals surface area (Å²) in [5.41, 5.74) is 0. The largest absolute Gasteiger partial charge is 0.385 e. The molecule has 3 heterocycles. The molecular weight excluding hydrogens is 406 g/mol. The van der Waals surface area contributed by atoms with E-state index in [4.69, 9.17) is 21.9 Å². The highest BCUT2D eigenvalue weighted by molar-refractivity contribution is 7.99. The predicted octanol–water partition coefficient (Wildman–Crippen LogP) is 3.12. The summed E-state index contributed by atoms with van der Waals surface area (Å²) < 4.78 is 5.06. The third kappa shape index (κ3) is 6.76. The van der Waals surface area contributed by atoms with Crippen LogP contribution in [0.15, 0.2) is 34.7 Å². The van der Waals surface area contributed by atoms with E-state index in [9.17, 15) is 0 Å². The molecule has 1 aliphatic heterocycles. The minimum atomic E-state index is 0.441. The van der Waals surface area contributed by atoms with Crippen LogP contribution in [-0.2, 0) is 4.74 Å². The van der Waals surface area contributed by atoms with Crippen LogP contribution >= 0.6 is 24.0 Å². The third-order valence-corrected chi connectivity index (χ3v) is 5.62. The van der Waals surface area contributed by atoms with E-state index in [2.05, 4.69) is 37.4 Å². The highest BCUT2D eigenvalue weighted by Crippen LogP contribution is 2.29. The molecule has 0 unspecified atom stereocenters. The maximum absolute atomic E-state index is 5.39. The van der Waals surface area contributed by atoms with Gasteiger partial charge in [-0.05, 0) is 62.7 Å². The van der Waals surface area contributed by atoms with Gasteiger partial charge in [0.05, 0.1) is 0 Å². The molecular formula is C19H27N7OS2. The molecule has 10 heteroatoms. The molecule has 8 nitrogen and oxygen atoms in total. The summed E-state index contributed by atoms with van der Waals surface area (Å²) in [4.78, 5) is 20.3. The Labute approximate surface area is 181 Å². The number of thiocarbonyl (C=S) groups is 1. The molecule has 1 fully saturated rings. The van der Waals surface area contributed by atoms with Crippen molar-refractivity contribution in [2.45, 2.75) is 48.8 Å². The zero-order chi connectivity index (χ0) is 20.5. The predicted molar refractivity (Wildman–Crippen MR) is 120 cm³/mol. The van der Waals surface area contributed by atoms with Crippen LogP contribution in [0.3, 0.4) is 0 Å². The van der Waals surface area contributed by atoms with E-state index in [1.54, 1.807) is 25.6 Å². The van der Waals surface area contributed by atoms with Crippen molar-refractivity contribution in [3.05, 3.63) is 24.5 Å². The number of methoxy groups -OCH3 is 1. The first kappa shape index (κ1) is 21.7. The van der Waals surface area contributed by atoms with Crippen LogP contribution in [0.2, 0.25) is 0 Å². The fraction of sp³-hybridized carbons (Fsp3) is 0.526. The van der Waals surface area contributed by atoms with Gasteiger partial charge in [0.2, 0.25) is 5.95 Å². The van der Waals surface area contributed by atoms with Crippen LogP contribution in [-0.4, -0.2) is 57.9 Å². The van der Waals surface area contributed by atoms with Crippen LogP contribution in [0.4, 0.5) is 11.8 Å². The SMILES string of the molecule is COCCCNC(=S)Nc1nc(Sc2ncccn2)cc(N2CCCC[C@H]2C)n1. The Hall–Kier alpha value is -2.04. The van der Waals surface area contributed by atoms with Crippen molar-refractivity contribution in [2.24, 2.45) is 0 Å². The van der Waals surface area contributed by atoms with Crippen LogP contribution in [0.1, 0.15) is 32.6 Å². The molecule has 0 aromatic carbocycles. The van der Waals surface area contributed by atoms with E-state index in [0.717, 1.165) is 36.8 Å². The highest BCUT2D eigenvalue weighted by Gasteiger charge is 2.21. The number of nitrogens with one attached hydrogen (secondary N) is 2. The van der Waals surface area contributed by atoms with Crippen LogP contribution in [0, 0.1) is 0 Å². The second-order valence-electron chi connectivity index (χ2n) is 6.79. The first-order chi connectivity index (χ1) is 14.2. The number of hydrogen-bond donors (Lipinski definition) is 2. The Bertz CT molecular complexity index is 793. The lowest BCUT2D eigenvalue weighted by atomic mass is 10.0. The van der Waals surface area contributed by atoms with Crippen LogP contribution < -0.4 is 15.5 Å². The molecule has 156 valence electrons. The first-order valence-electron chi connectivity index (χ1n) is 9.80. The molecule has 0 spiro atoms. The van der Waals surface area contributed by atoms with E-state index in [1.165, 1.54) is 24.6 Å². The molecule has 3 rings (SSSR count). The number of ether oxygens (including phenoxy) is 1. The summed E-state index contributed by atoms with van der Waals surface area (Å²) in [6, 6.07) is 4.24. The zero-order valence-electron chi connectivity index (χ0n) is 16.8. The molecule has 2 aromatic heterocycles. The number of nitrogens with zero attached hydrogens (tertiary/aromatic N) is 5. The Morgan fingerprint density at radius 3 is 2.90 bits per heavy atom. The molecule has 2 aromatic rings. The fourth-order valence-corrected chi connectivity index (χ4v) is 4.01. The average molecular weight is 434 g/mol. The minimum Gasteiger partial charge on any atom is -0.385 e. The van der Waals surface area contributed by atoms with Gasteiger partial charge in [0, 0.05) is 51.3 Å². The Morgan fingerprint density at radius 2 is 2.14 bits per heavy atom. The molecule has 2 N–H and O–H groups in total. The lowest BCUT2D eigenvalue weighted by Crippen LogP contribution is -2.38. The van der Waals surface area contributed by atoms with Crippen molar-refractivity contribution in [2.75, 3.05) is 37.0 Å². The van der Waals surface area contributed by atoms with E-state index in [1.807, 2.05) is 6.07 Å². The summed E-state index contributed by atoms with van der Waals surface area (Å²) in [5.74, 6) is 1.37. The van der Waals surface area contributed by atoms with Crippen molar-refractivity contribution >= 4 is 40.9 Å². The summed E-state index contributed by atoms with van der Waals surface area (Å²) in [6.45, 7) is 4.64. The summed E-state index contributed by atoms with van der Waals surface area (Å²) in [7, 11) is 1.69. The summed E-state index contributed by atoms with van der Waals surface area (Å²) >= 11 is 6.81. The van der Waals surface area contributed by atoms with E-state index < -0.39 is 0 Å². The Morgan fingerprint density at radius 1 is 1.31 bits per heavy atom. The molecule has 29 heavy (non-hydrogen) atoms. The van der Waals surface area contributed by atoms with Gasteiger partial charge in [-0.25, -0.2) is 15.0 Å². The van der Waals surface area contributed by atoms with Gasteiger partial charge in [0.25, 0.3) is 0 Å². The van der Waals surface area contributed by atoms with E-state index in [-0.39, 0.29) is 0 Å². The van der Waals surface area contributed by atoms with Gasteiger partial charge in [0.15, 0.2) is 10.3 Å². The van der Waals surface area contributed by atoms with Gasteiger partial charge >= 0.3 is 0 Å². The monoisotopic (exact) mass is 433 g/mol. The van der Waals surface area contributed by atoms with E-state index >= 15 is 0 Å². The smallest absolute Gasteiger partial charge is 0.232 e. The van der Waals surface area contributed by atoms with E-state index in [0.29, 0.717) is 28.9 Å². The molecule has 0 amide bonds. The zero-order valence-corrected chi connectivity index (χ0v) is 18.4. The third-order valence-electron chi connectivity index (χ3n) is 4.56. The van der Waals surface area contributed by atoms with Gasteiger partial charge in [-0.2, -0.15) is 4.98 Å². The Balaban J connectivity index is 1.77. The number of aromatic nitrogens is 4. The molecule has 1 saturated heterocycles. The van der Waals surface area contributed by atoms with Crippen molar-refractivity contribution in [1.82, 2.24) is 25.3 Å². The van der Waals surface area contributed by atoms with Gasteiger partial charge in [-0.3, -0.25) is 0 Å². The average Bonchev–Trinajstić information content (AvgIpc) is 2.72. The molecule has 0 bridgehead atoms. The summed E-state index contributed by atoms with van der Waals surface area (Å²) in [5, 5.41) is 8.20. The maximum atomic E-state index is 5.39. The molecule has 1 atom stereocenters. The second-order valence-corrected chi connectivity index (χ2v) is 8.18. The molecule has 0 aliphatic carbocycles. The summed E-state index contributed by atoms with van der Waals surface area (Å²) in [6.07, 6.45) is 7.90. The number of piperidine rings is 1. The van der Waals surface area contributed by atoms with Gasteiger partial charge in [-0.15, -0.1) is 0 Å². The topological polar surface area (TPSA) is 88.1 Å². The van der Waals surface area contributed by atoms with Crippen molar-refractivity contribution < 1.29 is 4.74 Å². The lowest BCUT2D eigenvalue weighted by molar-refractivity contribution is 0.196.